The first kappa shape index (κ1) is 21.5. The Hall–Kier alpha value is -3.21. The summed E-state index contributed by atoms with van der Waals surface area (Å²) in [5.41, 5.74) is 2.40. The number of halogens is 2. The number of carbonyl (C=O) groups excluding carboxylic acids is 1. The van der Waals surface area contributed by atoms with Gasteiger partial charge in [0, 0.05) is 0 Å². The van der Waals surface area contributed by atoms with Crippen molar-refractivity contribution in [2.45, 2.75) is 33.1 Å². The van der Waals surface area contributed by atoms with Crippen LogP contribution in [-0.2, 0) is 6.42 Å². The van der Waals surface area contributed by atoms with Gasteiger partial charge in [-0.25, -0.2) is 9.18 Å². The van der Waals surface area contributed by atoms with E-state index in [1.54, 1.807) is 24.3 Å². The Morgan fingerprint density at radius 1 is 0.800 bits per heavy atom. The molecule has 0 fully saturated rings. The molecule has 0 aromatic heterocycles. The summed E-state index contributed by atoms with van der Waals surface area (Å²) in [5, 5.41) is 0. The molecule has 0 aliphatic carbocycles. The van der Waals surface area contributed by atoms with Crippen LogP contribution in [0.4, 0.5) is 8.78 Å². The van der Waals surface area contributed by atoms with Gasteiger partial charge < -0.3 is 9.47 Å². The quantitative estimate of drug-likeness (QED) is 0.310. The van der Waals surface area contributed by atoms with Gasteiger partial charge in [0.15, 0.2) is 11.6 Å². The second-order valence-corrected chi connectivity index (χ2v) is 6.94. The monoisotopic (exact) mass is 410 g/mol. The lowest BCUT2D eigenvalue weighted by atomic mass is 10.0. The molecule has 3 aromatic carbocycles. The highest BCUT2D eigenvalue weighted by Gasteiger charge is 2.17. The Balaban J connectivity index is 1.70. The van der Waals surface area contributed by atoms with Gasteiger partial charge in [0.05, 0.1) is 12.2 Å². The van der Waals surface area contributed by atoms with Crippen molar-refractivity contribution < 1.29 is 23.0 Å². The molecule has 0 atom stereocenters. The third-order valence-electron chi connectivity index (χ3n) is 4.63. The van der Waals surface area contributed by atoms with Crippen molar-refractivity contribution in [3.8, 4) is 22.6 Å². The molecule has 3 nitrogen and oxygen atoms in total. The van der Waals surface area contributed by atoms with Gasteiger partial charge in [0.2, 0.25) is 5.82 Å². The van der Waals surface area contributed by atoms with Gasteiger partial charge in [-0.3, -0.25) is 0 Å². The molecule has 0 radical (unpaired) electrons. The van der Waals surface area contributed by atoms with Gasteiger partial charge in [-0.2, -0.15) is 4.39 Å². The highest BCUT2D eigenvalue weighted by Crippen LogP contribution is 2.26. The molecule has 0 aliphatic heterocycles. The molecule has 3 aromatic rings. The number of esters is 1. The van der Waals surface area contributed by atoms with Crippen molar-refractivity contribution in [2.75, 3.05) is 6.61 Å². The second kappa shape index (κ2) is 10.0. The predicted octanol–water partition coefficient (Wildman–Crippen LogP) is 6.59. The highest BCUT2D eigenvalue weighted by atomic mass is 19.2. The lowest BCUT2D eigenvalue weighted by Gasteiger charge is -2.09. The molecule has 0 aliphatic rings. The molecule has 0 bridgehead atoms. The standard InChI is InChI=1S/C25H24F2O3/c1-3-5-19-12-15-22(24(27)23(19)26)30-25(28)20-8-6-17(7-9-20)18-10-13-21(14-11-18)29-16-4-2/h6-15H,3-5,16H2,1-2H3. The fourth-order valence-corrected chi connectivity index (χ4v) is 3.03. The first-order chi connectivity index (χ1) is 14.5. The normalized spacial score (nSPS) is 10.7. The van der Waals surface area contributed by atoms with Crippen LogP contribution in [0.5, 0.6) is 11.5 Å². The Kier molecular flexibility index (Phi) is 7.17. The van der Waals surface area contributed by atoms with Crippen molar-refractivity contribution in [1.29, 1.82) is 0 Å². The molecule has 0 unspecified atom stereocenters. The average Bonchev–Trinajstić information content (AvgIpc) is 2.78. The van der Waals surface area contributed by atoms with E-state index >= 15 is 0 Å². The van der Waals surface area contributed by atoms with E-state index in [1.165, 1.54) is 12.1 Å². The minimum atomic E-state index is -1.14. The van der Waals surface area contributed by atoms with Crippen molar-refractivity contribution >= 4 is 5.97 Å². The summed E-state index contributed by atoms with van der Waals surface area (Å²) in [4.78, 5) is 12.4. The van der Waals surface area contributed by atoms with Gasteiger partial charge in [-0.05, 0) is 59.9 Å². The summed E-state index contributed by atoms with van der Waals surface area (Å²) in [6.07, 6.45) is 2.05. The van der Waals surface area contributed by atoms with Crippen LogP contribution in [-0.4, -0.2) is 12.6 Å². The minimum Gasteiger partial charge on any atom is -0.494 e. The second-order valence-electron chi connectivity index (χ2n) is 6.94. The molecular formula is C25H24F2O3. The Labute approximate surface area is 175 Å². The average molecular weight is 410 g/mol. The maximum Gasteiger partial charge on any atom is 0.343 e. The summed E-state index contributed by atoms with van der Waals surface area (Å²) in [7, 11) is 0. The van der Waals surface area contributed by atoms with Crippen LogP contribution in [0.1, 0.15) is 42.6 Å². The zero-order chi connectivity index (χ0) is 21.5. The number of carbonyl (C=O) groups is 1. The number of benzene rings is 3. The molecule has 156 valence electrons. The molecule has 0 N–H and O–H groups in total. The van der Waals surface area contributed by atoms with Crippen molar-refractivity contribution in [1.82, 2.24) is 0 Å². The molecular weight excluding hydrogens is 386 g/mol. The van der Waals surface area contributed by atoms with Gasteiger partial charge in [0.25, 0.3) is 0 Å². The van der Waals surface area contributed by atoms with Crippen LogP contribution < -0.4 is 9.47 Å². The zero-order valence-corrected chi connectivity index (χ0v) is 17.1. The molecule has 30 heavy (non-hydrogen) atoms. The zero-order valence-electron chi connectivity index (χ0n) is 17.1. The van der Waals surface area contributed by atoms with Crippen molar-refractivity contribution in [3.63, 3.8) is 0 Å². The first-order valence-corrected chi connectivity index (χ1v) is 10.1. The number of ether oxygens (including phenoxy) is 2. The minimum absolute atomic E-state index is 0.249. The SMILES string of the molecule is CCCOc1ccc(-c2ccc(C(=O)Oc3ccc(CCC)c(F)c3F)cc2)cc1. The number of hydrogen-bond acceptors (Lipinski definition) is 3. The number of aryl methyl sites for hydroxylation is 1. The fraction of sp³-hybridized carbons (Fsp3) is 0.240. The van der Waals surface area contributed by atoms with E-state index in [4.69, 9.17) is 9.47 Å². The summed E-state index contributed by atoms with van der Waals surface area (Å²) in [5.74, 6) is -2.46. The highest BCUT2D eigenvalue weighted by molar-refractivity contribution is 5.91. The molecule has 0 saturated heterocycles. The fourth-order valence-electron chi connectivity index (χ4n) is 3.03. The number of rotatable bonds is 8. The predicted molar refractivity (Wildman–Crippen MR) is 113 cm³/mol. The molecule has 3 rings (SSSR count). The van der Waals surface area contributed by atoms with Gasteiger partial charge in [-0.15, -0.1) is 0 Å². The van der Waals surface area contributed by atoms with Crippen molar-refractivity contribution in [2.24, 2.45) is 0 Å². The topological polar surface area (TPSA) is 35.5 Å². The lowest BCUT2D eigenvalue weighted by Crippen LogP contribution is -2.10. The van der Waals surface area contributed by atoms with E-state index in [1.807, 2.05) is 38.1 Å². The third kappa shape index (κ3) is 5.03. The Morgan fingerprint density at radius 2 is 1.43 bits per heavy atom. The van der Waals surface area contributed by atoms with Gasteiger partial charge in [0.1, 0.15) is 5.75 Å². The maximum atomic E-state index is 14.2. The van der Waals surface area contributed by atoms with Crippen LogP contribution in [0.2, 0.25) is 0 Å². The van der Waals surface area contributed by atoms with E-state index in [2.05, 4.69) is 0 Å². The Morgan fingerprint density at radius 3 is 2.03 bits per heavy atom. The molecule has 0 saturated carbocycles. The van der Waals surface area contributed by atoms with E-state index in [9.17, 15) is 13.6 Å². The summed E-state index contributed by atoms with van der Waals surface area (Å²) >= 11 is 0. The van der Waals surface area contributed by atoms with Crippen LogP contribution in [0.15, 0.2) is 60.7 Å². The largest absolute Gasteiger partial charge is 0.494 e. The maximum absolute atomic E-state index is 14.2. The van der Waals surface area contributed by atoms with Crippen LogP contribution in [0.3, 0.4) is 0 Å². The molecule has 0 spiro atoms. The van der Waals surface area contributed by atoms with E-state index < -0.39 is 23.4 Å². The summed E-state index contributed by atoms with van der Waals surface area (Å²) in [6.45, 7) is 4.60. The van der Waals surface area contributed by atoms with E-state index in [0.717, 1.165) is 23.3 Å². The van der Waals surface area contributed by atoms with Crippen LogP contribution in [0, 0.1) is 11.6 Å². The third-order valence-corrected chi connectivity index (χ3v) is 4.63. The van der Waals surface area contributed by atoms with Gasteiger partial charge in [-0.1, -0.05) is 50.6 Å². The van der Waals surface area contributed by atoms with E-state index in [0.29, 0.717) is 19.4 Å². The van der Waals surface area contributed by atoms with Crippen molar-refractivity contribution in [3.05, 3.63) is 83.4 Å². The van der Waals surface area contributed by atoms with Crippen LogP contribution >= 0.6 is 0 Å². The summed E-state index contributed by atoms with van der Waals surface area (Å²) in [6, 6.07) is 17.2. The Bertz CT molecular complexity index is 996. The van der Waals surface area contributed by atoms with Crippen LogP contribution in [0.25, 0.3) is 11.1 Å². The smallest absolute Gasteiger partial charge is 0.343 e. The molecule has 0 amide bonds. The first-order valence-electron chi connectivity index (χ1n) is 10.1. The molecule has 0 heterocycles. The van der Waals surface area contributed by atoms with Gasteiger partial charge >= 0.3 is 5.97 Å². The number of hydrogen-bond donors (Lipinski definition) is 0. The lowest BCUT2D eigenvalue weighted by molar-refractivity contribution is 0.0726. The summed E-state index contributed by atoms with van der Waals surface area (Å²) < 4.78 is 38.9. The van der Waals surface area contributed by atoms with E-state index in [-0.39, 0.29) is 11.1 Å². The molecule has 5 heteroatoms.